The molecule has 0 aliphatic heterocycles. The molecule has 2 rings (SSSR count). The normalized spacial score (nSPS) is 24.1. The minimum atomic E-state index is -0.289. The van der Waals surface area contributed by atoms with Gasteiger partial charge in [0.15, 0.2) is 0 Å². The van der Waals surface area contributed by atoms with Crippen LogP contribution in [0.4, 0.5) is 0 Å². The Morgan fingerprint density at radius 3 is 2.50 bits per heavy atom. The van der Waals surface area contributed by atoms with Crippen LogP contribution < -0.4 is 0 Å². The average Bonchev–Trinajstić information content (AvgIpc) is 2.52. The Morgan fingerprint density at radius 1 is 1.33 bits per heavy atom. The Labute approximate surface area is 111 Å². The van der Waals surface area contributed by atoms with Gasteiger partial charge in [0.05, 0.1) is 6.10 Å². The Bertz CT molecular complexity index is 442. The molecule has 0 amide bonds. The average molecular weight is 249 g/mol. The van der Waals surface area contributed by atoms with Crippen molar-refractivity contribution in [1.82, 2.24) is 4.57 Å². The minimum Gasteiger partial charge on any atom is -0.388 e. The van der Waals surface area contributed by atoms with Crippen LogP contribution in [-0.4, -0.2) is 9.67 Å². The number of aliphatic hydroxyl groups is 1. The minimum absolute atomic E-state index is 0.200. The highest BCUT2D eigenvalue weighted by Gasteiger charge is 2.35. The topological polar surface area (TPSA) is 25.2 Å². The fourth-order valence-electron chi connectivity index (χ4n) is 3.23. The second-order valence-electron chi connectivity index (χ2n) is 7.10. The van der Waals surface area contributed by atoms with Gasteiger partial charge in [-0.05, 0) is 44.1 Å². The number of rotatable bonds is 2. The molecule has 0 spiro atoms. The SMILES string of the molecule is Cc1cc2c(n1C(C)C(C)C)CC(C)(C)CC2O. The Kier molecular flexibility index (Phi) is 3.35. The van der Waals surface area contributed by atoms with Crippen molar-refractivity contribution in [2.75, 3.05) is 0 Å². The van der Waals surface area contributed by atoms with E-state index in [0.717, 1.165) is 12.8 Å². The summed E-state index contributed by atoms with van der Waals surface area (Å²) < 4.78 is 2.45. The van der Waals surface area contributed by atoms with E-state index in [4.69, 9.17) is 0 Å². The molecular weight excluding hydrogens is 222 g/mol. The molecule has 18 heavy (non-hydrogen) atoms. The standard InChI is InChI=1S/C16H27NO/c1-10(2)12(4)17-11(3)7-13-14(17)8-16(5,6)9-15(13)18/h7,10,12,15,18H,8-9H2,1-6H3. The molecule has 0 saturated carbocycles. The Morgan fingerprint density at radius 2 is 1.94 bits per heavy atom. The summed E-state index contributed by atoms with van der Waals surface area (Å²) >= 11 is 0. The zero-order chi connectivity index (χ0) is 13.7. The van der Waals surface area contributed by atoms with Gasteiger partial charge in [-0.3, -0.25) is 0 Å². The van der Waals surface area contributed by atoms with E-state index in [-0.39, 0.29) is 11.5 Å². The molecule has 0 radical (unpaired) electrons. The summed E-state index contributed by atoms with van der Waals surface area (Å²) in [5, 5.41) is 10.3. The van der Waals surface area contributed by atoms with Crippen molar-refractivity contribution in [3.05, 3.63) is 23.0 Å². The van der Waals surface area contributed by atoms with E-state index in [0.29, 0.717) is 12.0 Å². The van der Waals surface area contributed by atoms with E-state index >= 15 is 0 Å². The van der Waals surface area contributed by atoms with Crippen molar-refractivity contribution in [3.63, 3.8) is 0 Å². The first-order valence-corrected chi connectivity index (χ1v) is 7.11. The van der Waals surface area contributed by atoms with Gasteiger partial charge >= 0.3 is 0 Å². The maximum Gasteiger partial charge on any atom is 0.0812 e. The van der Waals surface area contributed by atoms with Crippen molar-refractivity contribution < 1.29 is 5.11 Å². The summed E-state index contributed by atoms with van der Waals surface area (Å²) in [5.74, 6) is 0.613. The first-order chi connectivity index (χ1) is 8.23. The summed E-state index contributed by atoms with van der Waals surface area (Å²) in [7, 11) is 0. The number of hydrogen-bond donors (Lipinski definition) is 1. The summed E-state index contributed by atoms with van der Waals surface area (Å²) in [6, 6.07) is 2.68. The molecular formula is C16H27NO. The molecule has 1 aromatic rings. The lowest BCUT2D eigenvalue weighted by Gasteiger charge is -2.35. The largest absolute Gasteiger partial charge is 0.388 e. The lowest BCUT2D eigenvalue weighted by molar-refractivity contribution is 0.0971. The highest BCUT2D eigenvalue weighted by molar-refractivity contribution is 5.33. The van der Waals surface area contributed by atoms with Crippen molar-refractivity contribution in [2.45, 2.75) is 66.5 Å². The number of hydrogen-bond acceptors (Lipinski definition) is 1. The fourth-order valence-corrected chi connectivity index (χ4v) is 3.23. The van der Waals surface area contributed by atoms with Gasteiger partial charge in [-0.15, -0.1) is 0 Å². The first kappa shape index (κ1) is 13.7. The molecule has 0 saturated heterocycles. The predicted molar refractivity (Wildman–Crippen MR) is 75.8 cm³/mol. The molecule has 0 bridgehead atoms. The van der Waals surface area contributed by atoms with Gasteiger partial charge in [-0.2, -0.15) is 0 Å². The van der Waals surface area contributed by atoms with Gasteiger partial charge in [0.25, 0.3) is 0 Å². The van der Waals surface area contributed by atoms with Crippen molar-refractivity contribution in [3.8, 4) is 0 Å². The molecule has 0 aromatic carbocycles. The maximum absolute atomic E-state index is 10.3. The summed E-state index contributed by atoms with van der Waals surface area (Å²) in [4.78, 5) is 0. The summed E-state index contributed by atoms with van der Waals surface area (Å²) in [5.41, 5.74) is 4.01. The number of nitrogens with zero attached hydrogens (tertiary/aromatic N) is 1. The first-order valence-electron chi connectivity index (χ1n) is 7.11. The van der Waals surface area contributed by atoms with E-state index < -0.39 is 0 Å². The van der Waals surface area contributed by atoms with Crippen LogP contribution in [0.3, 0.4) is 0 Å². The number of aliphatic hydroxyl groups excluding tert-OH is 1. The van der Waals surface area contributed by atoms with Crippen LogP contribution in [0.15, 0.2) is 6.07 Å². The summed E-state index contributed by atoms with van der Waals surface area (Å²) in [6.07, 6.45) is 1.66. The van der Waals surface area contributed by atoms with Crippen LogP contribution in [0.25, 0.3) is 0 Å². The van der Waals surface area contributed by atoms with Crippen molar-refractivity contribution >= 4 is 0 Å². The molecule has 1 aliphatic rings. The third-order valence-corrected chi connectivity index (χ3v) is 4.49. The predicted octanol–water partition coefficient (Wildman–Crippen LogP) is 4.02. The molecule has 2 nitrogen and oxygen atoms in total. The molecule has 1 N–H and O–H groups in total. The highest BCUT2D eigenvalue weighted by Crippen LogP contribution is 2.43. The lowest BCUT2D eigenvalue weighted by atomic mass is 9.75. The zero-order valence-electron chi connectivity index (χ0n) is 12.6. The lowest BCUT2D eigenvalue weighted by Crippen LogP contribution is -2.28. The van der Waals surface area contributed by atoms with Crippen LogP contribution in [0, 0.1) is 18.3 Å². The van der Waals surface area contributed by atoms with Crippen LogP contribution in [0.2, 0.25) is 0 Å². The highest BCUT2D eigenvalue weighted by atomic mass is 16.3. The van der Waals surface area contributed by atoms with Crippen LogP contribution in [0.1, 0.15) is 70.1 Å². The quantitative estimate of drug-likeness (QED) is 0.841. The fraction of sp³-hybridized carbons (Fsp3) is 0.750. The molecule has 1 aliphatic carbocycles. The van der Waals surface area contributed by atoms with Crippen molar-refractivity contribution in [1.29, 1.82) is 0 Å². The van der Waals surface area contributed by atoms with E-state index in [1.165, 1.54) is 17.0 Å². The molecule has 102 valence electrons. The smallest absolute Gasteiger partial charge is 0.0812 e. The van der Waals surface area contributed by atoms with Gasteiger partial charge in [0, 0.05) is 23.0 Å². The van der Waals surface area contributed by atoms with Crippen LogP contribution in [0.5, 0.6) is 0 Å². The van der Waals surface area contributed by atoms with Gasteiger partial charge < -0.3 is 9.67 Å². The molecule has 1 aromatic heterocycles. The third-order valence-electron chi connectivity index (χ3n) is 4.49. The van der Waals surface area contributed by atoms with Crippen molar-refractivity contribution in [2.24, 2.45) is 11.3 Å². The van der Waals surface area contributed by atoms with Crippen LogP contribution >= 0.6 is 0 Å². The maximum atomic E-state index is 10.3. The number of aromatic nitrogens is 1. The van der Waals surface area contributed by atoms with Gasteiger partial charge in [0.1, 0.15) is 0 Å². The second-order valence-corrected chi connectivity index (χ2v) is 7.10. The Hall–Kier alpha value is -0.760. The van der Waals surface area contributed by atoms with E-state index in [1.54, 1.807) is 0 Å². The molecule has 2 unspecified atom stereocenters. The van der Waals surface area contributed by atoms with E-state index in [1.807, 2.05) is 0 Å². The van der Waals surface area contributed by atoms with Gasteiger partial charge in [0.2, 0.25) is 0 Å². The molecule has 2 atom stereocenters. The zero-order valence-corrected chi connectivity index (χ0v) is 12.6. The van der Waals surface area contributed by atoms with E-state index in [2.05, 4.69) is 52.2 Å². The van der Waals surface area contributed by atoms with Gasteiger partial charge in [-0.1, -0.05) is 27.7 Å². The molecule has 1 heterocycles. The second kappa shape index (κ2) is 4.41. The number of fused-ring (bicyclic) bond motifs is 1. The molecule has 2 heteroatoms. The Balaban J connectivity index is 2.51. The van der Waals surface area contributed by atoms with E-state index in [9.17, 15) is 5.11 Å². The third kappa shape index (κ3) is 2.23. The molecule has 0 fully saturated rings. The monoisotopic (exact) mass is 249 g/mol. The number of aryl methyl sites for hydroxylation is 1. The van der Waals surface area contributed by atoms with Gasteiger partial charge in [-0.25, -0.2) is 0 Å². The summed E-state index contributed by atoms with van der Waals surface area (Å²) in [6.45, 7) is 13.5. The van der Waals surface area contributed by atoms with Crippen LogP contribution in [-0.2, 0) is 6.42 Å².